The lowest BCUT2D eigenvalue weighted by molar-refractivity contribution is 0.312. The zero-order valence-corrected chi connectivity index (χ0v) is 17.8. The predicted octanol–water partition coefficient (Wildman–Crippen LogP) is 3.98. The number of aryl methyl sites for hydroxylation is 1. The van der Waals surface area contributed by atoms with Crippen LogP contribution in [0.4, 0.5) is 0 Å². The number of methoxy groups -OCH3 is 2. The Morgan fingerprint density at radius 3 is 2.50 bits per heavy atom. The van der Waals surface area contributed by atoms with E-state index in [2.05, 4.69) is 11.1 Å². The van der Waals surface area contributed by atoms with Gasteiger partial charge in [0, 0.05) is 12.3 Å². The zero-order chi connectivity index (χ0) is 21.1. The summed E-state index contributed by atoms with van der Waals surface area (Å²) in [6.07, 6.45) is 3.26. The van der Waals surface area contributed by atoms with Crippen LogP contribution in [0.15, 0.2) is 71.8 Å². The summed E-state index contributed by atoms with van der Waals surface area (Å²) < 4.78 is 39.8. The minimum atomic E-state index is -3.83. The number of ether oxygens (including phenoxy) is 2. The van der Waals surface area contributed by atoms with Gasteiger partial charge in [0.1, 0.15) is 0 Å². The van der Waals surface area contributed by atoms with Crippen molar-refractivity contribution in [1.82, 2.24) is 9.29 Å². The van der Waals surface area contributed by atoms with Gasteiger partial charge < -0.3 is 9.47 Å². The largest absolute Gasteiger partial charge is 0.493 e. The van der Waals surface area contributed by atoms with Gasteiger partial charge in [-0.3, -0.25) is 4.98 Å². The Kier molecular flexibility index (Phi) is 5.74. The first-order valence-corrected chi connectivity index (χ1v) is 11.2. The minimum Gasteiger partial charge on any atom is -0.493 e. The highest BCUT2D eigenvalue weighted by atomic mass is 32.2. The number of nitrogens with zero attached hydrogens (tertiary/aromatic N) is 2. The molecule has 1 atom stereocenters. The minimum absolute atomic E-state index is 0.167. The fourth-order valence-corrected chi connectivity index (χ4v) is 5.58. The van der Waals surface area contributed by atoms with Gasteiger partial charge in [0.15, 0.2) is 11.5 Å². The third kappa shape index (κ3) is 3.78. The molecule has 2 aromatic carbocycles. The molecule has 0 saturated heterocycles. The molecule has 1 aliphatic carbocycles. The molecule has 1 unspecified atom stereocenters. The average molecular weight is 425 g/mol. The molecule has 0 amide bonds. The fraction of sp³-hybridized carbons (Fsp3) is 0.261. The Hall–Kier alpha value is -2.90. The standard InChI is InChI=1S/C23H24N2O4S/c1-28-22-13-11-19(15-23(22)29-2)30(26,27)25(16-18-8-5-6-14-24-18)21-12-10-17-7-3-4-9-20(17)21/h3-9,11,13-15,21H,10,12,16H2,1-2H3. The highest BCUT2D eigenvalue weighted by molar-refractivity contribution is 7.89. The monoisotopic (exact) mass is 424 g/mol. The van der Waals surface area contributed by atoms with Crippen LogP contribution < -0.4 is 9.47 Å². The molecule has 0 spiro atoms. The van der Waals surface area contributed by atoms with E-state index >= 15 is 0 Å². The summed E-state index contributed by atoms with van der Waals surface area (Å²) >= 11 is 0. The van der Waals surface area contributed by atoms with Crippen molar-refractivity contribution in [2.24, 2.45) is 0 Å². The van der Waals surface area contributed by atoms with Gasteiger partial charge >= 0.3 is 0 Å². The van der Waals surface area contributed by atoms with Gasteiger partial charge in [-0.05, 0) is 48.2 Å². The van der Waals surface area contributed by atoms with E-state index in [1.807, 2.05) is 36.4 Å². The van der Waals surface area contributed by atoms with Crippen LogP contribution in [0, 0.1) is 0 Å². The maximum atomic E-state index is 13.8. The molecule has 0 saturated carbocycles. The van der Waals surface area contributed by atoms with Gasteiger partial charge in [0.2, 0.25) is 10.0 Å². The van der Waals surface area contributed by atoms with E-state index in [9.17, 15) is 8.42 Å². The molecule has 0 aliphatic heterocycles. The maximum absolute atomic E-state index is 13.8. The smallest absolute Gasteiger partial charge is 0.244 e. The Labute approximate surface area is 177 Å². The Morgan fingerprint density at radius 1 is 1.00 bits per heavy atom. The van der Waals surface area contributed by atoms with Crippen LogP contribution in [0.1, 0.15) is 29.3 Å². The SMILES string of the molecule is COc1ccc(S(=O)(=O)N(Cc2ccccn2)C2CCc3ccccc32)cc1OC. The van der Waals surface area contributed by atoms with Crippen molar-refractivity contribution >= 4 is 10.0 Å². The molecule has 1 aromatic heterocycles. The zero-order valence-electron chi connectivity index (χ0n) is 17.0. The van der Waals surface area contributed by atoms with Crippen LogP contribution in [0.2, 0.25) is 0 Å². The van der Waals surface area contributed by atoms with Crippen LogP contribution in [0.5, 0.6) is 11.5 Å². The first-order valence-electron chi connectivity index (χ1n) is 9.76. The molecular formula is C23H24N2O4S. The number of aromatic nitrogens is 1. The molecule has 1 aliphatic rings. The number of rotatable bonds is 7. The van der Waals surface area contributed by atoms with Crippen molar-refractivity contribution in [2.75, 3.05) is 14.2 Å². The summed E-state index contributed by atoms with van der Waals surface area (Å²) in [5.41, 5.74) is 2.94. The molecule has 7 heteroatoms. The van der Waals surface area contributed by atoms with E-state index in [0.29, 0.717) is 17.2 Å². The van der Waals surface area contributed by atoms with Crippen molar-refractivity contribution in [3.8, 4) is 11.5 Å². The molecule has 0 radical (unpaired) electrons. The summed E-state index contributed by atoms with van der Waals surface area (Å²) in [6.45, 7) is 0.191. The normalized spacial score (nSPS) is 15.8. The van der Waals surface area contributed by atoms with Gasteiger partial charge in [-0.1, -0.05) is 30.3 Å². The Morgan fingerprint density at radius 2 is 1.77 bits per heavy atom. The lowest BCUT2D eigenvalue weighted by Crippen LogP contribution is -2.34. The van der Waals surface area contributed by atoms with Gasteiger partial charge in [-0.25, -0.2) is 8.42 Å². The van der Waals surface area contributed by atoms with E-state index in [4.69, 9.17) is 9.47 Å². The van der Waals surface area contributed by atoms with Crippen LogP contribution in [0.25, 0.3) is 0 Å². The first-order chi connectivity index (χ1) is 14.5. The molecule has 6 nitrogen and oxygen atoms in total. The topological polar surface area (TPSA) is 68.7 Å². The summed E-state index contributed by atoms with van der Waals surface area (Å²) in [7, 11) is -0.809. The number of benzene rings is 2. The van der Waals surface area contributed by atoms with Crippen molar-refractivity contribution in [3.05, 3.63) is 83.7 Å². The lowest BCUT2D eigenvalue weighted by Gasteiger charge is -2.29. The number of fused-ring (bicyclic) bond motifs is 1. The molecule has 1 heterocycles. The van der Waals surface area contributed by atoms with E-state index < -0.39 is 10.0 Å². The summed E-state index contributed by atoms with van der Waals surface area (Å²) in [6, 6.07) is 18.0. The van der Waals surface area contributed by atoms with E-state index in [0.717, 1.165) is 18.4 Å². The van der Waals surface area contributed by atoms with Crippen molar-refractivity contribution in [2.45, 2.75) is 30.3 Å². The second kappa shape index (κ2) is 8.45. The van der Waals surface area contributed by atoms with Crippen LogP contribution in [0.3, 0.4) is 0 Å². The molecular weight excluding hydrogens is 400 g/mol. The highest BCUT2D eigenvalue weighted by Crippen LogP contribution is 2.40. The summed E-state index contributed by atoms with van der Waals surface area (Å²) in [4.78, 5) is 4.53. The van der Waals surface area contributed by atoms with Gasteiger partial charge in [-0.15, -0.1) is 0 Å². The molecule has 30 heavy (non-hydrogen) atoms. The van der Waals surface area contributed by atoms with Gasteiger partial charge in [0.25, 0.3) is 0 Å². The Balaban J connectivity index is 1.79. The predicted molar refractivity (Wildman–Crippen MR) is 114 cm³/mol. The molecule has 0 N–H and O–H groups in total. The molecule has 4 rings (SSSR count). The lowest BCUT2D eigenvalue weighted by atomic mass is 10.1. The molecule has 3 aromatic rings. The number of sulfonamides is 1. The van der Waals surface area contributed by atoms with Crippen LogP contribution in [-0.4, -0.2) is 31.9 Å². The second-order valence-electron chi connectivity index (χ2n) is 7.14. The first kappa shape index (κ1) is 20.4. The van der Waals surface area contributed by atoms with Crippen molar-refractivity contribution < 1.29 is 17.9 Å². The van der Waals surface area contributed by atoms with E-state index in [1.54, 1.807) is 22.6 Å². The fourth-order valence-electron chi connectivity index (χ4n) is 3.96. The van der Waals surface area contributed by atoms with E-state index in [-0.39, 0.29) is 17.5 Å². The molecule has 0 bridgehead atoms. The summed E-state index contributed by atoms with van der Waals surface area (Å²) in [5.74, 6) is 0.863. The van der Waals surface area contributed by atoms with Gasteiger partial charge in [-0.2, -0.15) is 4.31 Å². The van der Waals surface area contributed by atoms with E-state index in [1.165, 1.54) is 25.8 Å². The number of hydrogen-bond acceptors (Lipinski definition) is 5. The number of pyridine rings is 1. The third-order valence-electron chi connectivity index (χ3n) is 5.45. The third-order valence-corrected chi connectivity index (χ3v) is 7.31. The van der Waals surface area contributed by atoms with Crippen LogP contribution >= 0.6 is 0 Å². The quantitative estimate of drug-likeness (QED) is 0.574. The number of hydrogen-bond donors (Lipinski definition) is 0. The summed E-state index contributed by atoms with van der Waals surface area (Å²) in [5, 5.41) is 0. The van der Waals surface area contributed by atoms with Crippen LogP contribution in [-0.2, 0) is 23.0 Å². The average Bonchev–Trinajstić information content (AvgIpc) is 3.21. The molecule has 156 valence electrons. The van der Waals surface area contributed by atoms with Gasteiger partial charge in [0.05, 0.1) is 37.4 Å². The Bertz CT molecular complexity index is 1130. The maximum Gasteiger partial charge on any atom is 0.244 e. The molecule has 0 fully saturated rings. The van der Waals surface area contributed by atoms with Crippen molar-refractivity contribution in [3.63, 3.8) is 0 Å². The second-order valence-corrected chi connectivity index (χ2v) is 9.03. The highest BCUT2D eigenvalue weighted by Gasteiger charge is 2.36. The van der Waals surface area contributed by atoms with Crippen molar-refractivity contribution in [1.29, 1.82) is 0 Å².